The summed E-state index contributed by atoms with van der Waals surface area (Å²) < 4.78 is 20.8. The molecule has 0 amide bonds. The van der Waals surface area contributed by atoms with Crippen LogP contribution < -0.4 is 10.5 Å². The van der Waals surface area contributed by atoms with Crippen LogP contribution in [0, 0.1) is 5.82 Å². The average molecular weight is 365 g/mol. The number of hydrogen-bond acceptors (Lipinski definition) is 3. The molecular weight excluding hydrogens is 353 g/mol. The molecule has 0 aliphatic carbocycles. The van der Waals surface area contributed by atoms with Crippen LogP contribution in [-0.4, -0.2) is 6.04 Å². The summed E-state index contributed by atoms with van der Waals surface area (Å²) in [5, 5.41) is 0. The minimum atomic E-state index is -0.429. The molecule has 2 nitrogen and oxygen atoms in total. The Hall–Kier alpha value is -0.620. The van der Waals surface area contributed by atoms with Crippen molar-refractivity contribution in [3.8, 4) is 5.75 Å². The summed E-state index contributed by atoms with van der Waals surface area (Å²) in [6.45, 7) is 1.81. The van der Waals surface area contributed by atoms with Crippen LogP contribution in [0.5, 0.6) is 5.75 Å². The van der Waals surface area contributed by atoms with Gasteiger partial charge in [0.25, 0.3) is 0 Å². The highest BCUT2D eigenvalue weighted by atomic mass is 79.9. The molecule has 2 aromatic rings. The molecule has 0 aliphatic rings. The Morgan fingerprint density at radius 1 is 1.37 bits per heavy atom. The Morgan fingerprint density at radius 3 is 2.68 bits per heavy atom. The second kappa shape index (κ2) is 6.22. The van der Waals surface area contributed by atoms with E-state index in [9.17, 15) is 4.39 Å². The van der Waals surface area contributed by atoms with Gasteiger partial charge in [0.1, 0.15) is 6.10 Å². The number of hydrogen-bond donors (Lipinski definition) is 1. The van der Waals surface area contributed by atoms with E-state index in [0.717, 1.165) is 9.35 Å². The highest BCUT2D eigenvalue weighted by Gasteiger charge is 2.21. The van der Waals surface area contributed by atoms with Crippen molar-refractivity contribution in [2.24, 2.45) is 5.73 Å². The molecule has 2 unspecified atom stereocenters. The first kappa shape index (κ1) is 14.8. The Morgan fingerprint density at radius 2 is 2.11 bits per heavy atom. The van der Waals surface area contributed by atoms with Crippen LogP contribution in [-0.2, 0) is 0 Å². The third kappa shape index (κ3) is 3.69. The zero-order valence-corrected chi connectivity index (χ0v) is 13.2. The zero-order chi connectivity index (χ0) is 14.0. The Bertz CT molecular complexity index is 576. The van der Waals surface area contributed by atoms with Crippen LogP contribution >= 0.6 is 38.9 Å². The first-order valence-electron chi connectivity index (χ1n) is 5.60. The van der Waals surface area contributed by atoms with E-state index in [-0.39, 0.29) is 11.8 Å². The quantitative estimate of drug-likeness (QED) is 0.848. The number of rotatable bonds is 4. The number of nitrogens with two attached hydrogens (primary N) is 1. The van der Waals surface area contributed by atoms with Crippen molar-refractivity contribution in [3.05, 3.63) is 49.8 Å². The van der Waals surface area contributed by atoms with Gasteiger partial charge in [-0.1, -0.05) is 27.5 Å². The van der Waals surface area contributed by atoms with Gasteiger partial charge < -0.3 is 10.5 Å². The molecule has 0 bridgehead atoms. The van der Waals surface area contributed by atoms with Crippen molar-refractivity contribution < 1.29 is 9.13 Å². The molecule has 2 rings (SSSR count). The standard InChI is InChI=1S/C13H12BrClFNOS/c1-7(17)13(11-4-5-12(15)19-11)18-10-6-8(14)2-3-9(10)16/h2-7,13H,17H2,1H3. The smallest absolute Gasteiger partial charge is 0.165 e. The van der Waals surface area contributed by atoms with Gasteiger partial charge in [-0.25, -0.2) is 4.39 Å². The maximum absolute atomic E-state index is 13.7. The zero-order valence-electron chi connectivity index (χ0n) is 10.1. The maximum atomic E-state index is 13.7. The number of halogens is 3. The fourth-order valence-electron chi connectivity index (χ4n) is 1.61. The van der Waals surface area contributed by atoms with Crippen LogP contribution in [0.1, 0.15) is 17.9 Å². The van der Waals surface area contributed by atoms with Crippen molar-refractivity contribution in [3.63, 3.8) is 0 Å². The lowest BCUT2D eigenvalue weighted by Gasteiger charge is -2.21. The van der Waals surface area contributed by atoms with Gasteiger partial charge in [0.15, 0.2) is 11.6 Å². The maximum Gasteiger partial charge on any atom is 0.165 e. The molecule has 0 spiro atoms. The average Bonchev–Trinajstić information content (AvgIpc) is 2.76. The predicted octanol–water partition coefficient (Wildman–Crippen LogP) is 4.77. The molecule has 0 radical (unpaired) electrons. The van der Waals surface area contributed by atoms with Crippen molar-refractivity contribution in [2.75, 3.05) is 0 Å². The lowest BCUT2D eigenvalue weighted by Crippen LogP contribution is -2.28. The van der Waals surface area contributed by atoms with E-state index in [1.165, 1.54) is 17.4 Å². The van der Waals surface area contributed by atoms with E-state index >= 15 is 0 Å². The molecular formula is C13H12BrClFNOS. The van der Waals surface area contributed by atoms with Gasteiger partial charge in [0.2, 0.25) is 0 Å². The highest BCUT2D eigenvalue weighted by Crippen LogP contribution is 2.33. The molecule has 102 valence electrons. The van der Waals surface area contributed by atoms with E-state index in [4.69, 9.17) is 22.1 Å². The fraction of sp³-hybridized carbons (Fsp3) is 0.231. The fourth-order valence-corrected chi connectivity index (χ4v) is 3.16. The molecule has 19 heavy (non-hydrogen) atoms. The first-order valence-corrected chi connectivity index (χ1v) is 7.58. The van der Waals surface area contributed by atoms with E-state index in [0.29, 0.717) is 4.34 Å². The van der Waals surface area contributed by atoms with Crippen molar-refractivity contribution in [1.29, 1.82) is 0 Å². The summed E-state index contributed by atoms with van der Waals surface area (Å²) >= 11 is 10.6. The molecule has 0 saturated heterocycles. The van der Waals surface area contributed by atoms with E-state index in [2.05, 4.69) is 15.9 Å². The molecule has 0 aliphatic heterocycles. The van der Waals surface area contributed by atoms with Crippen LogP contribution in [0.25, 0.3) is 0 Å². The summed E-state index contributed by atoms with van der Waals surface area (Å²) in [6.07, 6.45) is -0.429. The molecule has 1 aromatic carbocycles. The SMILES string of the molecule is CC(N)C(Oc1cc(Br)ccc1F)c1ccc(Cl)s1. The van der Waals surface area contributed by atoms with Gasteiger partial charge >= 0.3 is 0 Å². The van der Waals surface area contributed by atoms with Crippen molar-refractivity contribution >= 4 is 38.9 Å². The largest absolute Gasteiger partial charge is 0.480 e. The van der Waals surface area contributed by atoms with Crippen LogP contribution in [0.15, 0.2) is 34.8 Å². The van der Waals surface area contributed by atoms with Crippen molar-refractivity contribution in [1.82, 2.24) is 0 Å². The lowest BCUT2D eigenvalue weighted by molar-refractivity contribution is 0.176. The Balaban J connectivity index is 2.29. The minimum Gasteiger partial charge on any atom is -0.480 e. The second-order valence-electron chi connectivity index (χ2n) is 4.11. The molecule has 2 N–H and O–H groups in total. The number of ether oxygens (including phenoxy) is 1. The molecule has 1 aromatic heterocycles. The Kier molecular flexibility index (Phi) is 4.84. The number of thiophene rings is 1. The van der Waals surface area contributed by atoms with Crippen LogP contribution in [0.2, 0.25) is 4.34 Å². The molecule has 6 heteroatoms. The van der Waals surface area contributed by atoms with Gasteiger partial charge in [-0.15, -0.1) is 11.3 Å². The summed E-state index contributed by atoms with van der Waals surface area (Å²) in [4.78, 5) is 0.874. The molecule has 1 heterocycles. The van der Waals surface area contributed by atoms with Crippen LogP contribution in [0.4, 0.5) is 4.39 Å². The van der Waals surface area contributed by atoms with E-state index < -0.39 is 11.9 Å². The van der Waals surface area contributed by atoms with Crippen molar-refractivity contribution in [2.45, 2.75) is 19.1 Å². The third-order valence-corrected chi connectivity index (χ3v) is 4.29. The lowest BCUT2D eigenvalue weighted by atomic mass is 10.1. The van der Waals surface area contributed by atoms with Gasteiger partial charge in [-0.2, -0.15) is 0 Å². The normalized spacial score (nSPS) is 14.2. The topological polar surface area (TPSA) is 35.2 Å². The van der Waals surface area contributed by atoms with E-state index in [1.54, 1.807) is 18.2 Å². The van der Waals surface area contributed by atoms with Gasteiger partial charge in [-0.3, -0.25) is 0 Å². The molecule has 0 saturated carbocycles. The van der Waals surface area contributed by atoms with Gasteiger partial charge in [0.05, 0.1) is 4.34 Å². The number of benzene rings is 1. The summed E-state index contributed by atoms with van der Waals surface area (Å²) in [6, 6.07) is 7.88. The molecule has 0 fully saturated rings. The summed E-state index contributed by atoms with van der Waals surface area (Å²) in [5.74, 6) is -0.252. The molecule has 2 atom stereocenters. The summed E-state index contributed by atoms with van der Waals surface area (Å²) in [7, 11) is 0. The monoisotopic (exact) mass is 363 g/mol. The predicted molar refractivity (Wildman–Crippen MR) is 80.4 cm³/mol. The van der Waals surface area contributed by atoms with Gasteiger partial charge in [0, 0.05) is 15.4 Å². The first-order chi connectivity index (χ1) is 8.97. The summed E-state index contributed by atoms with van der Waals surface area (Å²) in [5.41, 5.74) is 5.92. The third-order valence-electron chi connectivity index (χ3n) is 2.50. The van der Waals surface area contributed by atoms with Gasteiger partial charge in [-0.05, 0) is 37.3 Å². The second-order valence-corrected chi connectivity index (χ2v) is 6.78. The highest BCUT2D eigenvalue weighted by molar-refractivity contribution is 9.10. The minimum absolute atomic E-state index is 0.168. The Labute approximate surface area is 128 Å². The van der Waals surface area contributed by atoms with E-state index in [1.807, 2.05) is 13.0 Å². The van der Waals surface area contributed by atoms with Crippen LogP contribution in [0.3, 0.4) is 0 Å².